The SMILES string of the molecule is CC(C)(C)C1=CC2CC(N)=CC(F)=C2N1. The zero-order valence-electron chi connectivity index (χ0n) is 9.39. The Morgan fingerprint density at radius 1 is 1.47 bits per heavy atom. The molecule has 0 aromatic heterocycles. The first kappa shape index (κ1) is 10.3. The van der Waals surface area contributed by atoms with Crippen LogP contribution in [0.5, 0.6) is 0 Å². The zero-order chi connectivity index (χ0) is 11.2. The van der Waals surface area contributed by atoms with E-state index < -0.39 is 0 Å². The summed E-state index contributed by atoms with van der Waals surface area (Å²) in [4.78, 5) is 0. The minimum atomic E-state index is -0.223. The van der Waals surface area contributed by atoms with Crippen molar-refractivity contribution < 1.29 is 4.39 Å². The van der Waals surface area contributed by atoms with Gasteiger partial charge in [-0.25, -0.2) is 4.39 Å². The van der Waals surface area contributed by atoms with Crippen LogP contribution in [-0.4, -0.2) is 0 Å². The quantitative estimate of drug-likeness (QED) is 0.642. The lowest BCUT2D eigenvalue weighted by Gasteiger charge is -2.21. The summed E-state index contributed by atoms with van der Waals surface area (Å²) >= 11 is 0. The van der Waals surface area contributed by atoms with Crippen LogP contribution in [0.1, 0.15) is 27.2 Å². The minimum absolute atomic E-state index is 0.0272. The number of hydrogen-bond acceptors (Lipinski definition) is 2. The number of nitrogens with one attached hydrogen (secondary N) is 1. The predicted octanol–water partition coefficient (Wildman–Crippen LogP) is 2.56. The molecule has 1 atom stereocenters. The highest BCUT2D eigenvalue weighted by atomic mass is 19.1. The van der Waals surface area contributed by atoms with Crippen molar-refractivity contribution in [1.82, 2.24) is 5.32 Å². The molecule has 1 unspecified atom stereocenters. The molecule has 0 bridgehead atoms. The first-order chi connectivity index (χ1) is 6.88. The average molecular weight is 208 g/mol. The Bertz CT molecular complexity index is 383. The summed E-state index contributed by atoms with van der Waals surface area (Å²) in [5.41, 5.74) is 8.07. The maximum absolute atomic E-state index is 13.6. The first-order valence-corrected chi connectivity index (χ1v) is 5.23. The molecule has 0 amide bonds. The highest BCUT2D eigenvalue weighted by molar-refractivity contribution is 5.39. The van der Waals surface area contributed by atoms with Gasteiger partial charge >= 0.3 is 0 Å². The topological polar surface area (TPSA) is 38.0 Å². The molecule has 2 aliphatic rings. The van der Waals surface area contributed by atoms with Crippen molar-refractivity contribution in [1.29, 1.82) is 0 Å². The van der Waals surface area contributed by atoms with E-state index in [9.17, 15) is 4.39 Å². The second kappa shape index (κ2) is 3.12. The van der Waals surface area contributed by atoms with Crippen LogP contribution in [0.2, 0.25) is 0 Å². The normalized spacial score (nSPS) is 25.7. The van der Waals surface area contributed by atoms with Crippen molar-refractivity contribution in [3.8, 4) is 0 Å². The van der Waals surface area contributed by atoms with Crippen molar-refractivity contribution in [3.63, 3.8) is 0 Å². The van der Waals surface area contributed by atoms with Gasteiger partial charge in [-0.1, -0.05) is 26.8 Å². The second-order valence-corrected chi connectivity index (χ2v) is 5.25. The number of fused-ring (bicyclic) bond motifs is 1. The first-order valence-electron chi connectivity index (χ1n) is 5.23. The van der Waals surface area contributed by atoms with E-state index in [-0.39, 0.29) is 17.2 Å². The van der Waals surface area contributed by atoms with Gasteiger partial charge in [0.05, 0.1) is 5.70 Å². The largest absolute Gasteiger partial charge is 0.402 e. The van der Waals surface area contributed by atoms with Crippen molar-refractivity contribution in [2.45, 2.75) is 27.2 Å². The second-order valence-electron chi connectivity index (χ2n) is 5.25. The molecular weight excluding hydrogens is 191 g/mol. The predicted molar refractivity (Wildman–Crippen MR) is 59.2 cm³/mol. The molecule has 1 aliphatic carbocycles. The summed E-state index contributed by atoms with van der Waals surface area (Å²) < 4.78 is 13.6. The van der Waals surface area contributed by atoms with Crippen LogP contribution in [-0.2, 0) is 0 Å². The van der Waals surface area contributed by atoms with Gasteiger partial charge in [0.1, 0.15) is 5.83 Å². The van der Waals surface area contributed by atoms with Gasteiger partial charge in [0.2, 0.25) is 0 Å². The van der Waals surface area contributed by atoms with E-state index in [1.807, 2.05) is 0 Å². The maximum Gasteiger partial charge on any atom is 0.144 e. The number of allylic oxidation sites excluding steroid dienone is 5. The fraction of sp³-hybridized carbons (Fsp3) is 0.500. The van der Waals surface area contributed by atoms with Gasteiger partial charge < -0.3 is 11.1 Å². The van der Waals surface area contributed by atoms with Gasteiger partial charge in [-0.2, -0.15) is 0 Å². The maximum atomic E-state index is 13.6. The Labute approximate surface area is 89.7 Å². The highest BCUT2D eigenvalue weighted by Gasteiger charge is 2.32. The van der Waals surface area contributed by atoms with Gasteiger partial charge in [0.15, 0.2) is 0 Å². The Morgan fingerprint density at radius 2 is 2.13 bits per heavy atom. The van der Waals surface area contributed by atoms with Crippen LogP contribution >= 0.6 is 0 Å². The smallest absolute Gasteiger partial charge is 0.144 e. The van der Waals surface area contributed by atoms with E-state index in [2.05, 4.69) is 32.2 Å². The molecule has 1 aliphatic heterocycles. The molecule has 0 aromatic rings. The molecule has 3 N–H and O–H groups in total. The standard InChI is InChI=1S/C12H17FN2/c1-12(2,3)10-5-7-4-8(14)6-9(13)11(7)15-10/h5-7,15H,4,14H2,1-3H3. The van der Waals surface area contributed by atoms with Crippen LogP contribution in [0.4, 0.5) is 4.39 Å². The summed E-state index contributed by atoms with van der Waals surface area (Å²) in [7, 11) is 0. The van der Waals surface area contributed by atoms with Gasteiger partial charge in [0, 0.05) is 22.7 Å². The lowest BCUT2D eigenvalue weighted by molar-refractivity contribution is 0.477. The molecule has 0 spiro atoms. The molecule has 0 fully saturated rings. The van der Waals surface area contributed by atoms with Crippen LogP contribution in [0.15, 0.2) is 35.1 Å². The van der Waals surface area contributed by atoms with E-state index in [4.69, 9.17) is 5.73 Å². The Balaban J connectivity index is 2.31. The fourth-order valence-corrected chi connectivity index (χ4v) is 1.95. The van der Waals surface area contributed by atoms with Crippen LogP contribution in [0.3, 0.4) is 0 Å². The van der Waals surface area contributed by atoms with E-state index in [1.54, 1.807) is 0 Å². The molecule has 0 radical (unpaired) electrons. The molecule has 3 heteroatoms. The van der Waals surface area contributed by atoms with Gasteiger partial charge in [-0.3, -0.25) is 0 Å². The molecule has 15 heavy (non-hydrogen) atoms. The van der Waals surface area contributed by atoms with Crippen LogP contribution in [0.25, 0.3) is 0 Å². The Kier molecular flexibility index (Phi) is 2.14. The summed E-state index contributed by atoms with van der Waals surface area (Å²) in [6.45, 7) is 6.33. The number of nitrogens with two attached hydrogens (primary N) is 1. The Morgan fingerprint density at radius 3 is 2.73 bits per heavy atom. The van der Waals surface area contributed by atoms with Gasteiger partial charge in [-0.15, -0.1) is 0 Å². The molecule has 82 valence electrons. The zero-order valence-corrected chi connectivity index (χ0v) is 9.39. The molecule has 0 saturated heterocycles. The summed E-state index contributed by atoms with van der Waals surface area (Å²) in [6.07, 6.45) is 4.22. The molecule has 0 saturated carbocycles. The number of hydrogen-bond donors (Lipinski definition) is 2. The third kappa shape index (κ3) is 1.78. The van der Waals surface area contributed by atoms with Crippen molar-refractivity contribution in [2.75, 3.05) is 0 Å². The summed E-state index contributed by atoms with van der Waals surface area (Å²) in [5, 5.41) is 3.17. The van der Waals surface area contributed by atoms with E-state index in [0.717, 1.165) is 12.1 Å². The molecular formula is C12H17FN2. The minimum Gasteiger partial charge on any atom is -0.402 e. The fourth-order valence-electron chi connectivity index (χ4n) is 1.95. The molecule has 1 heterocycles. The van der Waals surface area contributed by atoms with Crippen molar-refractivity contribution in [3.05, 3.63) is 35.1 Å². The van der Waals surface area contributed by atoms with Crippen LogP contribution in [0, 0.1) is 11.3 Å². The highest BCUT2D eigenvalue weighted by Crippen LogP contribution is 2.38. The van der Waals surface area contributed by atoms with Crippen molar-refractivity contribution in [2.24, 2.45) is 17.1 Å². The van der Waals surface area contributed by atoms with E-state index >= 15 is 0 Å². The Hall–Kier alpha value is -1.25. The third-order valence-electron chi connectivity index (χ3n) is 2.84. The van der Waals surface area contributed by atoms with Crippen molar-refractivity contribution >= 4 is 0 Å². The van der Waals surface area contributed by atoms with Crippen LogP contribution < -0.4 is 11.1 Å². The monoisotopic (exact) mass is 208 g/mol. The average Bonchev–Trinajstić information content (AvgIpc) is 2.46. The van der Waals surface area contributed by atoms with E-state index in [1.165, 1.54) is 6.08 Å². The third-order valence-corrected chi connectivity index (χ3v) is 2.84. The lowest BCUT2D eigenvalue weighted by Crippen LogP contribution is -2.22. The number of halogens is 1. The molecule has 0 aromatic carbocycles. The lowest BCUT2D eigenvalue weighted by atomic mass is 9.90. The van der Waals surface area contributed by atoms with Gasteiger partial charge in [0.25, 0.3) is 0 Å². The van der Waals surface area contributed by atoms with Gasteiger partial charge in [-0.05, 0) is 12.5 Å². The molecule has 2 nitrogen and oxygen atoms in total. The summed E-state index contributed by atoms with van der Waals surface area (Å²) in [5.74, 6) is -0.122. The number of rotatable bonds is 0. The van der Waals surface area contributed by atoms with E-state index in [0.29, 0.717) is 11.4 Å². The molecule has 2 rings (SSSR count). The summed E-state index contributed by atoms with van der Waals surface area (Å²) in [6, 6.07) is 0.